The number of hydrogen-bond acceptors (Lipinski definition) is 2. The molecule has 138 valence electrons. The third-order valence-electron chi connectivity index (χ3n) is 5.71. The number of anilines is 1. The lowest BCUT2D eigenvalue weighted by molar-refractivity contribution is -0.136. The van der Waals surface area contributed by atoms with Gasteiger partial charge in [-0.15, -0.1) is 0 Å². The standard InChI is InChI=1S/C23H24N2O2/c1-24-20-13-7-6-12-19(20)23(22(24)27,16-18-10-4-2-5-11-18)17-21(26)25-14-8-3-9-15-25/h2-8,10-13H,9,14-17H2,1H3. The van der Waals surface area contributed by atoms with Crippen LogP contribution in [0.1, 0.15) is 24.0 Å². The van der Waals surface area contributed by atoms with Crippen molar-refractivity contribution in [3.8, 4) is 0 Å². The minimum Gasteiger partial charge on any atom is -0.339 e. The van der Waals surface area contributed by atoms with Crippen molar-refractivity contribution < 1.29 is 9.59 Å². The van der Waals surface area contributed by atoms with E-state index in [0.717, 1.165) is 29.8 Å². The van der Waals surface area contributed by atoms with E-state index in [9.17, 15) is 9.59 Å². The summed E-state index contributed by atoms with van der Waals surface area (Å²) in [5, 5.41) is 0. The number of benzene rings is 2. The molecule has 0 bridgehead atoms. The number of fused-ring (bicyclic) bond motifs is 1. The number of carbonyl (C=O) groups excluding carboxylic acids is 2. The summed E-state index contributed by atoms with van der Waals surface area (Å²) in [5.74, 6) is 0.0576. The molecule has 2 aromatic carbocycles. The molecule has 4 heteroatoms. The van der Waals surface area contributed by atoms with Gasteiger partial charge < -0.3 is 9.80 Å². The van der Waals surface area contributed by atoms with Crippen molar-refractivity contribution in [2.24, 2.45) is 0 Å². The number of nitrogens with zero attached hydrogens (tertiary/aromatic N) is 2. The Morgan fingerprint density at radius 1 is 1.04 bits per heavy atom. The number of carbonyl (C=O) groups is 2. The molecule has 2 heterocycles. The molecular weight excluding hydrogens is 336 g/mol. The topological polar surface area (TPSA) is 40.6 Å². The first-order valence-electron chi connectivity index (χ1n) is 9.46. The van der Waals surface area contributed by atoms with Crippen LogP contribution in [0.3, 0.4) is 0 Å². The van der Waals surface area contributed by atoms with Gasteiger partial charge in [-0.05, 0) is 30.0 Å². The van der Waals surface area contributed by atoms with Gasteiger partial charge >= 0.3 is 0 Å². The third kappa shape index (κ3) is 3.05. The van der Waals surface area contributed by atoms with E-state index in [2.05, 4.69) is 6.08 Å². The zero-order chi connectivity index (χ0) is 18.9. The largest absolute Gasteiger partial charge is 0.339 e. The molecule has 2 amide bonds. The third-order valence-corrected chi connectivity index (χ3v) is 5.71. The number of rotatable bonds is 4. The first-order valence-corrected chi connectivity index (χ1v) is 9.46. The molecular formula is C23H24N2O2. The summed E-state index contributed by atoms with van der Waals surface area (Å²) in [6.07, 6.45) is 5.75. The summed E-state index contributed by atoms with van der Waals surface area (Å²) in [5.41, 5.74) is 2.10. The van der Waals surface area contributed by atoms with E-state index in [1.807, 2.05) is 72.6 Å². The van der Waals surface area contributed by atoms with Gasteiger partial charge in [-0.1, -0.05) is 60.7 Å². The Kier molecular flexibility index (Phi) is 4.56. The SMILES string of the molecule is CN1C(=O)C(CC(=O)N2CC=CCC2)(Cc2ccccc2)c2ccccc21. The van der Waals surface area contributed by atoms with Crippen LogP contribution in [0.2, 0.25) is 0 Å². The van der Waals surface area contributed by atoms with Gasteiger partial charge in [0, 0.05) is 32.2 Å². The van der Waals surface area contributed by atoms with Crippen molar-refractivity contribution in [3.63, 3.8) is 0 Å². The molecule has 27 heavy (non-hydrogen) atoms. The van der Waals surface area contributed by atoms with Crippen LogP contribution in [0, 0.1) is 0 Å². The van der Waals surface area contributed by atoms with Crippen molar-refractivity contribution in [1.29, 1.82) is 0 Å². The van der Waals surface area contributed by atoms with Crippen LogP contribution in [-0.2, 0) is 21.4 Å². The fraction of sp³-hybridized carbons (Fsp3) is 0.304. The molecule has 0 aliphatic carbocycles. The first kappa shape index (κ1) is 17.5. The Labute approximate surface area is 160 Å². The Bertz CT molecular complexity index is 890. The van der Waals surface area contributed by atoms with Gasteiger partial charge in [0.15, 0.2) is 0 Å². The monoisotopic (exact) mass is 360 g/mol. The molecule has 0 radical (unpaired) electrons. The molecule has 0 saturated carbocycles. The molecule has 4 nitrogen and oxygen atoms in total. The van der Waals surface area contributed by atoms with Gasteiger partial charge in [0.25, 0.3) is 0 Å². The fourth-order valence-electron chi connectivity index (χ4n) is 4.30. The van der Waals surface area contributed by atoms with Crippen molar-refractivity contribution >= 4 is 17.5 Å². The number of hydrogen-bond donors (Lipinski definition) is 0. The number of para-hydroxylation sites is 1. The Hall–Kier alpha value is -2.88. The van der Waals surface area contributed by atoms with Crippen molar-refractivity contribution in [3.05, 3.63) is 77.9 Å². The zero-order valence-electron chi connectivity index (χ0n) is 15.6. The van der Waals surface area contributed by atoms with Crippen LogP contribution >= 0.6 is 0 Å². The van der Waals surface area contributed by atoms with Gasteiger partial charge in [-0.25, -0.2) is 0 Å². The summed E-state index contributed by atoms with van der Waals surface area (Å²) >= 11 is 0. The highest BCUT2D eigenvalue weighted by Gasteiger charge is 2.51. The zero-order valence-corrected chi connectivity index (χ0v) is 15.6. The summed E-state index contributed by atoms with van der Waals surface area (Å²) in [6, 6.07) is 17.9. The second kappa shape index (κ2) is 7.03. The lowest BCUT2D eigenvalue weighted by Gasteiger charge is -2.32. The highest BCUT2D eigenvalue weighted by Crippen LogP contribution is 2.45. The summed E-state index contributed by atoms with van der Waals surface area (Å²) in [7, 11) is 1.81. The van der Waals surface area contributed by atoms with Crippen LogP contribution in [0.15, 0.2) is 66.7 Å². The molecule has 0 N–H and O–H groups in total. The maximum Gasteiger partial charge on any atom is 0.238 e. The Morgan fingerprint density at radius 3 is 2.52 bits per heavy atom. The normalized spacial score (nSPS) is 21.4. The van der Waals surface area contributed by atoms with Gasteiger partial charge in [0.1, 0.15) is 0 Å². The average molecular weight is 360 g/mol. The van der Waals surface area contributed by atoms with Gasteiger partial charge in [-0.3, -0.25) is 9.59 Å². The van der Waals surface area contributed by atoms with Crippen LogP contribution in [0.4, 0.5) is 5.69 Å². The van der Waals surface area contributed by atoms with Gasteiger partial charge in [0.2, 0.25) is 11.8 Å². The predicted molar refractivity (Wildman–Crippen MR) is 107 cm³/mol. The van der Waals surface area contributed by atoms with Crippen LogP contribution in [0.25, 0.3) is 0 Å². The van der Waals surface area contributed by atoms with Crippen molar-refractivity contribution in [2.45, 2.75) is 24.7 Å². The highest BCUT2D eigenvalue weighted by molar-refractivity contribution is 6.10. The first-order chi connectivity index (χ1) is 13.1. The lowest BCUT2D eigenvalue weighted by Crippen LogP contribution is -2.46. The van der Waals surface area contributed by atoms with E-state index in [-0.39, 0.29) is 18.2 Å². The summed E-state index contributed by atoms with van der Waals surface area (Å²) in [6.45, 7) is 1.36. The van der Waals surface area contributed by atoms with Crippen molar-refractivity contribution in [1.82, 2.24) is 4.90 Å². The fourth-order valence-corrected chi connectivity index (χ4v) is 4.30. The van der Waals surface area contributed by atoms with Crippen LogP contribution in [-0.4, -0.2) is 36.9 Å². The van der Waals surface area contributed by atoms with E-state index in [1.165, 1.54) is 0 Å². The van der Waals surface area contributed by atoms with Gasteiger partial charge in [0.05, 0.1) is 5.41 Å². The maximum atomic E-state index is 13.4. The molecule has 0 fully saturated rings. The minimum absolute atomic E-state index is 0.00783. The summed E-state index contributed by atoms with van der Waals surface area (Å²) in [4.78, 5) is 30.2. The summed E-state index contributed by atoms with van der Waals surface area (Å²) < 4.78 is 0. The van der Waals surface area contributed by atoms with E-state index in [4.69, 9.17) is 0 Å². The quantitative estimate of drug-likeness (QED) is 0.785. The van der Waals surface area contributed by atoms with Crippen LogP contribution < -0.4 is 4.90 Å². The second-order valence-corrected chi connectivity index (χ2v) is 7.40. The molecule has 2 aromatic rings. The molecule has 2 aliphatic rings. The Balaban J connectivity index is 1.75. The highest BCUT2D eigenvalue weighted by atomic mass is 16.2. The number of likely N-dealkylation sites (N-methyl/N-ethyl adjacent to an activating group) is 1. The molecule has 1 unspecified atom stereocenters. The molecule has 2 aliphatic heterocycles. The molecule has 0 aromatic heterocycles. The van der Waals surface area contributed by atoms with E-state index in [0.29, 0.717) is 13.0 Å². The van der Waals surface area contributed by atoms with E-state index in [1.54, 1.807) is 4.90 Å². The molecule has 4 rings (SSSR count). The van der Waals surface area contributed by atoms with Gasteiger partial charge in [-0.2, -0.15) is 0 Å². The molecule has 0 saturated heterocycles. The van der Waals surface area contributed by atoms with Crippen LogP contribution in [0.5, 0.6) is 0 Å². The number of amides is 2. The second-order valence-electron chi connectivity index (χ2n) is 7.40. The maximum absolute atomic E-state index is 13.4. The van der Waals surface area contributed by atoms with E-state index >= 15 is 0 Å². The molecule has 0 spiro atoms. The minimum atomic E-state index is -0.842. The predicted octanol–water partition coefficient (Wildman–Crippen LogP) is 3.32. The van der Waals surface area contributed by atoms with E-state index < -0.39 is 5.41 Å². The smallest absolute Gasteiger partial charge is 0.238 e. The van der Waals surface area contributed by atoms with Crippen molar-refractivity contribution in [2.75, 3.05) is 25.0 Å². The average Bonchev–Trinajstić information content (AvgIpc) is 2.92. The Morgan fingerprint density at radius 2 is 1.78 bits per heavy atom. The molecule has 1 atom stereocenters. The lowest BCUT2D eigenvalue weighted by atomic mass is 9.73.